The first-order valence-corrected chi connectivity index (χ1v) is 10.7. The molecule has 1 N–H and O–H groups in total. The monoisotopic (exact) mass is 429 g/mol. The third kappa shape index (κ3) is 4.65. The van der Waals surface area contributed by atoms with E-state index < -0.39 is 0 Å². The third-order valence-corrected chi connectivity index (χ3v) is 5.24. The van der Waals surface area contributed by atoms with Crippen molar-refractivity contribution in [3.63, 3.8) is 0 Å². The van der Waals surface area contributed by atoms with Crippen LogP contribution in [0.4, 0.5) is 0 Å². The Kier molecular flexibility index (Phi) is 6.82. The fraction of sp³-hybridized carbons (Fsp3) is 0.231. The van der Waals surface area contributed by atoms with Crippen molar-refractivity contribution in [1.82, 2.24) is 15.3 Å². The fourth-order valence-electron chi connectivity index (χ4n) is 3.65. The van der Waals surface area contributed by atoms with E-state index in [1.165, 1.54) is 0 Å². The highest BCUT2D eigenvalue weighted by Crippen LogP contribution is 2.35. The number of benzene rings is 3. The molecule has 0 spiro atoms. The Labute approximate surface area is 188 Å². The predicted molar refractivity (Wildman–Crippen MR) is 126 cm³/mol. The van der Waals surface area contributed by atoms with Gasteiger partial charge < -0.3 is 19.5 Å². The van der Waals surface area contributed by atoms with Crippen LogP contribution in [0.2, 0.25) is 0 Å². The fourth-order valence-corrected chi connectivity index (χ4v) is 3.65. The molecule has 3 aromatic carbocycles. The van der Waals surface area contributed by atoms with E-state index >= 15 is 0 Å². The molecule has 0 fully saturated rings. The van der Waals surface area contributed by atoms with E-state index in [0.29, 0.717) is 11.5 Å². The molecule has 0 amide bonds. The number of rotatable bonds is 9. The molecule has 0 saturated heterocycles. The zero-order valence-corrected chi connectivity index (χ0v) is 18.5. The van der Waals surface area contributed by atoms with E-state index in [1.807, 2.05) is 54.6 Å². The number of hydrogen-bond acceptors (Lipinski definition) is 6. The summed E-state index contributed by atoms with van der Waals surface area (Å²) in [5.74, 6) is 2.89. The Bertz CT molecular complexity index is 1160. The molecule has 4 rings (SSSR count). The number of para-hydroxylation sites is 1. The molecule has 1 aromatic heterocycles. The number of fused-ring (bicyclic) bond motifs is 1. The molecule has 6 nitrogen and oxygen atoms in total. The Balaban J connectivity index is 1.71. The maximum Gasteiger partial charge on any atom is 0.162 e. The average molecular weight is 430 g/mol. The first-order chi connectivity index (χ1) is 15.7. The van der Waals surface area contributed by atoms with Crippen LogP contribution in [0.25, 0.3) is 10.9 Å². The van der Waals surface area contributed by atoms with Crippen molar-refractivity contribution in [1.29, 1.82) is 0 Å². The summed E-state index contributed by atoms with van der Waals surface area (Å²) in [7, 11) is 3.25. The third-order valence-electron chi connectivity index (χ3n) is 5.24. The highest BCUT2D eigenvalue weighted by atomic mass is 16.5. The smallest absolute Gasteiger partial charge is 0.162 e. The van der Waals surface area contributed by atoms with Gasteiger partial charge in [0.1, 0.15) is 17.8 Å². The summed E-state index contributed by atoms with van der Waals surface area (Å²) < 4.78 is 16.9. The topological polar surface area (TPSA) is 65.5 Å². The van der Waals surface area contributed by atoms with Gasteiger partial charge in [-0.25, -0.2) is 9.97 Å². The van der Waals surface area contributed by atoms with Crippen molar-refractivity contribution in [2.45, 2.75) is 19.4 Å². The summed E-state index contributed by atoms with van der Waals surface area (Å²) >= 11 is 0. The Hall–Kier alpha value is -3.64. The van der Waals surface area contributed by atoms with E-state index in [1.54, 1.807) is 20.5 Å². The Morgan fingerprint density at radius 2 is 1.53 bits per heavy atom. The number of hydrogen-bond donors (Lipinski definition) is 1. The summed E-state index contributed by atoms with van der Waals surface area (Å²) in [5.41, 5.74) is 2.79. The van der Waals surface area contributed by atoms with Crippen molar-refractivity contribution in [2.75, 3.05) is 20.8 Å². The molecule has 1 heterocycles. The van der Waals surface area contributed by atoms with Crippen molar-refractivity contribution < 1.29 is 14.2 Å². The first kappa shape index (κ1) is 21.6. The van der Waals surface area contributed by atoms with Crippen molar-refractivity contribution >= 4 is 10.9 Å². The standard InChI is InChI=1S/C26H27N3O3/c1-4-14-27-25(18-10-12-20(13-11-18)32-19-8-6-5-7-9-19)26-21-15-23(30-2)24(31-3)16-22(21)28-17-29-26/h5-13,15-17,25,27H,4,14H2,1-3H3/t25-/m0/s1. The Morgan fingerprint density at radius 1 is 0.844 bits per heavy atom. The number of methoxy groups -OCH3 is 2. The lowest BCUT2D eigenvalue weighted by Gasteiger charge is -2.21. The SMILES string of the molecule is CCCN[C@@H](c1ccc(Oc2ccccc2)cc1)c1ncnc2cc(OC)c(OC)cc12. The van der Waals surface area contributed by atoms with Gasteiger partial charge in [-0.1, -0.05) is 37.3 Å². The second-order valence-electron chi connectivity index (χ2n) is 7.35. The molecular weight excluding hydrogens is 402 g/mol. The van der Waals surface area contributed by atoms with Crippen LogP contribution in [0.1, 0.15) is 30.6 Å². The second kappa shape index (κ2) is 10.1. The zero-order valence-electron chi connectivity index (χ0n) is 18.5. The Morgan fingerprint density at radius 3 is 2.22 bits per heavy atom. The number of nitrogens with zero attached hydrogens (tertiary/aromatic N) is 2. The van der Waals surface area contributed by atoms with Gasteiger partial charge in [0, 0.05) is 11.5 Å². The lowest BCUT2D eigenvalue weighted by atomic mass is 9.99. The molecule has 0 saturated carbocycles. The minimum Gasteiger partial charge on any atom is -0.493 e. The molecular formula is C26H27N3O3. The molecule has 0 aliphatic rings. The summed E-state index contributed by atoms with van der Waals surface area (Å²) in [4.78, 5) is 9.11. The summed E-state index contributed by atoms with van der Waals surface area (Å²) in [6, 6.07) is 21.6. The number of ether oxygens (including phenoxy) is 3. The van der Waals surface area contributed by atoms with E-state index in [0.717, 1.165) is 46.6 Å². The first-order valence-electron chi connectivity index (χ1n) is 10.7. The molecule has 0 aliphatic heterocycles. The molecule has 0 aliphatic carbocycles. The molecule has 32 heavy (non-hydrogen) atoms. The van der Waals surface area contributed by atoms with E-state index in [2.05, 4.69) is 34.3 Å². The zero-order chi connectivity index (χ0) is 22.3. The maximum atomic E-state index is 5.95. The van der Waals surface area contributed by atoms with Crippen LogP contribution < -0.4 is 19.5 Å². The lowest BCUT2D eigenvalue weighted by Crippen LogP contribution is -2.24. The maximum absolute atomic E-state index is 5.95. The van der Waals surface area contributed by atoms with Crippen LogP contribution in [0.15, 0.2) is 73.1 Å². The number of nitrogens with one attached hydrogen (secondary N) is 1. The van der Waals surface area contributed by atoms with Crippen LogP contribution in [-0.2, 0) is 0 Å². The average Bonchev–Trinajstić information content (AvgIpc) is 2.85. The van der Waals surface area contributed by atoms with Gasteiger partial charge in [0.25, 0.3) is 0 Å². The van der Waals surface area contributed by atoms with Gasteiger partial charge in [-0.05, 0) is 48.9 Å². The molecule has 4 aromatic rings. The van der Waals surface area contributed by atoms with Crippen LogP contribution in [0, 0.1) is 0 Å². The normalized spacial score (nSPS) is 11.8. The molecule has 1 atom stereocenters. The van der Waals surface area contributed by atoms with Gasteiger partial charge >= 0.3 is 0 Å². The molecule has 0 unspecified atom stereocenters. The van der Waals surface area contributed by atoms with Crippen LogP contribution in [0.5, 0.6) is 23.0 Å². The van der Waals surface area contributed by atoms with E-state index in [4.69, 9.17) is 14.2 Å². The van der Waals surface area contributed by atoms with Crippen LogP contribution in [-0.4, -0.2) is 30.7 Å². The van der Waals surface area contributed by atoms with Gasteiger partial charge in [-0.2, -0.15) is 0 Å². The summed E-state index contributed by atoms with van der Waals surface area (Å²) in [6.07, 6.45) is 2.60. The van der Waals surface area contributed by atoms with Gasteiger partial charge in [-0.15, -0.1) is 0 Å². The summed E-state index contributed by atoms with van der Waals surface area (Å²) in [6.45, 7) is 3.00. The van der Waals surface area contributed by atoms with Gasteiger partial charge in [0.2, 0.25) is 0 Å². The lowest BCUT2D eigenvalue weighted by molar-refractivity contribution is 0.355. The quantitative estimate of drug-likeness (QED) is 0.377. The summed E-state index contributed by atoms with van der Waals surface area (Å²) in [5, 5.41) is 4.55. The predicted octanol–water partition coefficient (Wildman–Crippen LogP) is 5.53. The minimum absolute atomic E-state index is 0.107. The van der Waals surface area contributed by atoms with Crippen LogP contribution >= 0.6 is 0 Å². The van der Waals surface area contributed by atoms with E-state index in [-0.39, 0.29) is 6.04 Å². The van der Waals surface area contributed by atoms with Crippen molar-refractivity contribution in [2.24, 2.45) is 0 Å². The van der Waals surface area contributed by atoms with Gasteiger partial charge in [0.05, 0.1) is 31.5 Å². The molecule has 0 bridgehead atoms. The van der Waals surface area contributed by atoms with Gasteiger partial charge in [-0.3, -0.25) is 0 Å². The highest BCUT2D eigenvalue weighted by molar-refractivity contribution is 5.85. The number of aromatic nitrogens is 2. The largest absolute Gasteiger partial charge is 0.493 e. The van der Waals surface area contributed by atoms with Crippen molar-refractivity contribution in [3.05, 3.63) is 84.3 Å². The van der Waals surface area contributed by atoms with Crippen molar-refractivity contribution in [3.8, 4) is 23.0 Å². The molecule has 0 radical (unpaired) electrons. The second-order valence-corrected chi connectivity index (χ2v) is 7.35. The van der Waals surface area contributed by atoms with Gasteiger partial charge in [0.15, 0.2) is 11.5 Å². The molecule has 6 heteroatoms. The van der Waals surface area contributed by atoms with E-state index in [9.17, 15) is 0 Å². The minimum atomic E-state index is -0.107. The van der Waals surface area contributed by atoms with Crippen LogP contribution in [0.3, 0.4) is 0 Å². The highest BCUT2D eigenvalue weighted by Gasteiger charge is 2.20. The molecule has 164 valence electrons.